The molecule has 1 aliphatic rings. The fourth-order valence-electron chi connectivity index (χ4n) is 3.07. The summed E-state index contributed by atoms with van der Waals surface area (Å²) in [6.45, 7) is 4.49. The molecule has 1 aliphatic heterocycles. The van der Waals surface area contributed by atoms with Crippen molar-refractivity contribution in [3.05, 3.63) is 63.4 Å². The lowest BCUT2D eigenvalue weighted by molar-refractivity contribution is -0.128. The molecule has 3 rings (SSSR count). The van der Waals surface area contributed by atoms with Gasteiger partial charge in [0, 0.05) is 17.0 Å². The van der Waals surface area contributed by atoms with Gasteiger partial charge >= 0.3 is 0 Å². The van der Waals surface area contributed by atoms with Crippen molar-refractivity contribution in [2.75, 3.05) is 11.5 Å². The molecular weight excluding hydrogens is 366 g/mol. The molecule has 1 fully saturated rings. The summed E-state index contributed by atoms with van der Waals surface area (Å²) >= 11 is 1.60. The third-order valence-corrected chi connectivity index (χ3v) is 7.47. The third kappa shape index (κ3) is 4.62. The van der Waals surface area contributed by atoms with Crippen molar-refractivity contribution in [2.24, 2.45) is 0 Å². The van der Waals surface area contributed by atoms with Gasteiger partial charge in [0.1, 0.15) is 0 Å². The van der Waals surface area contributed by atoms with Crippen molar-refractivity contribution in [1.29, 1.82) is 0 Å². The molecule has 1 aromatic carbocycles. The van der Waals surface area contributed by atoms with Crippen LogP contribution in [0.5, 0.6) is 0 Å². The second kappa shape index (κ2) is 7.76. The largest absolute Gasteiger partial charge is 0.330 e. The summed E-state index contributed by atoms with van der Waals surface area (Å²) in [7, 11) is -3.05. The van der Waals surface area contributed by atoms with E-state index in [-0.39, 0.29) is 23.5 Å². The van der Waals surface area contributed by atoms with Crippen molar-refractivity contribution in [2.45, 2.75) is 32.9 Å². The van der Waals surface area contributed by atoms with Crippen LogP contribution < -0.4 is 0 Å². The topological polar surface area (TPSA) is 54.5 Å². The van der Waals surface area contributed by atoms with Crippen molar-refractivity contribution < 1.29 is 13.2 Å². The summed E-state index contributed by atoms with van der Waals surface area (Å²) in [5.41, 5.74) is 3.26. The van der Waals surface area contributed by atoms with Crippen LogP contribution in [0.3, 0.4) is 0 Å². The summed E-state index contributed by atoms with van der Waals surface area (Å²) < 4.78 is 23.8. The van der Waals surface area contributed by atoms with Gasteiger partial charge in [-0.3, -0.25) is 4.79 Å². The highest BCUT2D eigenvalue weighted by molar-refractivity contribution is 7.91. The molecular formula is C20H23NO3S2. The molecule has 6 heteroatoms. The lowest BCUT2D eigenvalue weighted by Crippen LogP contribution is -2.39. The van der Waals surface area contributed by atoms with Crippen LogP contribution in [0.2, 0.25) is 0 Å². The highest BCUT2D eigenvalue weighted by Gasteiger charge is 2.34. The first-order valence-corrected chi connectivity index (χ1v) is 11.3. The van der Waals surface area contributed by atoms with Gasteiger partial charge in [-0.1, -0.05) is 29.8 Å². The van der Waals surface area contributed by atoms with Gasteiger partial charge in [-0.2, -0.15) is 0 Å². The van der Waals surface area contributed by atoms with E-state index in [1.165, 1.54) is 5.56 Å². The summed E-state index contributed by atoms with van der Waals surface area (Å²) in [6.07, 6.45) is 3.86. The maximum atomic E-state index is 12.9. The van der Waals surface area contributed by atoms with Crippen molar-refractivity contribution in [3.8, 4) is 0 Å². The van der Waals surface area contributed by atoms with E-state index >= 15 is 0 Å². The Kier molecular flexibility index (Phi) is 5.63. The second-order valence-corrected chi connectivity index (χ2v) is 10.0. The Morgan fingerprint density at radius 3 is 2.54 bits per heavy atom. The van der Waals surface area contributed by atoms with Crippen LogP contribution in [0.15, 0.2) is 41.8 Å². The fourth-order valence-corrected chi connectivity index (χ4v) is 5.70. The average Bonchev–Trinajstić information content (AvgIpc) is 3.16. The number of hydrogen-bond acceptors (Lipinski definition) is 4. The quantitative estimate of drug-likeness (QED) is 0.734. The van der Waals surface area contributed by atoms with Crippen molar-refractivity contribution in [3.63, 3.8) is 0 Å². The Bertz CT molecular complexity index is 911. The van der Waals surface area contributed by atoms with Crippen LogP contribution in [0.4, 0.5) is 0 Å². The average molecular weight is 390 g/mol. The van der Waals surface area contributed by atoms with Crippen LogP contribution in [-0.4, -0.2) is 36.8 Å². The van der Waals surface area contributed by atoms with Gasteiger partial charge in [0.25, 0.3) is 0 Å². The molecule has 26 heavy (non-hydrogen) atoms. The molecule has 0 saturated carbocycles. The predicted molar refractivity (Wildman–Crippen MR) is 107 cm³/mol. The first kappa shape index (κ1) is 18.9. The number of carbonyl (C=O) groups is 1. The Morgan fingerprint density at radius 1 is 1.23 bits per heavy atom. The molecule has 0 unspecified atom stereocenters. The number of sulfone groups is 1. The first-order chi connectivity index (χ1) is 12.3. The Morgan fingerprint density at radius 2 is 1.96 bits per heavy atom. The molecule has 0 radical (unpaired) electrons. The number of carbonyl (C=O) groups excluding carboxylic acids is 1. The van der Waals surface area contributed by atoms with Crippen LogP contribution in [0.1, 0.15) is 28.0 Å². The summed E-state index contributed by atoms with van der Waals surface area (Å²) in [5.74, 6) is 0.0779. The van der Waals surface area contributed by atoms with Gasteiger partial charge in [-0.15, -0.1) is 11.3 Å². The summed E-state index contributed by atoms with van der Waals surface area (Å²) in [5, 5.41) is 2.00. The molecule has 1 saturated heterocycles. The van der Waals surface area contributed by atoms with Gasteiger partial charge in [0.2, 0.25) is 5.91 Å². The minimum absolute atomic E-state index is 0.0571. The molecule has 138 valence electrons. The maximum absolute atomic E-state index is 12.9. The van der Waals surface area contributed by atoms with E-state index in [2.05, 4.69) is 0 Å². The molecule has 1 atom stereocenters. The number of rotatable bonds is 5. The van der Waals surface area contributed by atoms with Gasteiger partial charge < -0.3 is 4.90 Å². The number of nitrogens with zero attached hydrogens (tertiary/aromatic N) is 1. The lowest BCUT2D eigenvalue weighted by atomic mass is 10.1. The zero-order chi connectivity index (χ0) is 18.7. The van der Waals surface area contributed by atoms with Crippen LogP contribution in [-0.2, 0) is 21.2 Å². The zero-order valence-electron chi connectivity index (χ0n) is 15.0. The summed E-state index contributed by atoms with van der Waals surface area (Å²) in [6, 6.07) is 9.70. The molecule has 0 aliphatic carbocycles. The summed E-state index contributed by atoms with van der Waals surface area (Å²) in [4.78, 5) is 15.7. The van der Waals surface area contributed by atoms with Crippen LogP contribution >= 0.6 is 11.3 Å². The fraction of sp³-hybridized carbons (Fsp3) is 0.350. The molecule has 4 nitrogen and oxygen atoms in total. The lowest BCUT2D eigenvalue weighted by Gasteiger charge is -2.27. The number of hydrogen-bond donors (Lipinski definition) is 0. The molecule has 0 N–H and O–H groups in total. The molecule has 2 heterocycles. The van der Waals surface area contributed by atoms with E-state index in [0.717, 1.165) is 16.0 Å². The molecule has 2 aromatic rings. The monoisotopic (exact) mass is 389 g/mol. The first-order valence-electron chi connectivity index (χ1n) is 8.63. The van der Waals surface area contributed by atoms with E-state index < -0.39 is 9.84 Å². The molecule has 0 spiro atoms. The van der Waals surface area contributed by atoms with E-state index in [1.54, 1.807) is 28.4 Å². The minimum atomic E-state index is -3.05. The van der Waals surface area contributed by atoms with Gasteiger partial charge in [-0.05, 0) is 48.9 Å². The standard InChI is InChI=1S/C20H23NO3S2/c1-15-3-5-17(6-4-15)7-8-20(22)21(13-19-16(2)9-11-25-19)18-10-12-26(23,24)14-18/h3-9,11,18H,10,12-14H2,1-2H3/b8-7+/t18-/m1/s1. The van der Waals surface area contributed by atoms with Gasteiger partial charge in [-0.25, -0.2) is 8.42 Å². The van der Waals surface area contributed by atoms with E-state index in [1.807, 2.05) is 49.6 Å². The molecule has 1 aromatic heterocycles. The number of aryl methyl sites for hydroxylation is 2. The Labute approximate surface area is 159 Å². The maximum Gasteiger partial charge on any atom is 0.247 e. The number of amides is 1. The minimum Gasteiger partial charge on any atom is -0.330 e. The second-order valence-electron chi connectivity index (χ2n) is 6.79. The smallest absolute Gasteiger partial charge is 0.247 e. The zero-order valence-corrected chi connectivity index (χ0v) is 16.6. The third-order valence-electron chi connectivity index (χ3n) is 4.71. The SMILES string of the molecule is Cc1ccc(/C=C/C(=O)N(Cc2sccc2C)[C@@H]2CCS(=O)(=O)C2)cc1. The highest BCUT2D eigenvalue weighted by Crippen LogP contribution is 2.24. The van der Waals surface area contributed by atoms with Crippen molar-refractivity contribution >= 4 is 33.2 Å². The number of benzene rings is 1. The van der Waals surface area contributed by atoms with E-state index in [4.69, 9.17) is 0 Å². The van der Waals surface area contributed by atoms with Gasteiger partial charge in [0.05, 0.1) is 18.1 Å². The predicted octanol–water partition coefficient (Wildman–Crippen LogP) is 3.59. The Balaban J connectivity index is 1.81. The number of thiophene rings is 1. The van der Waals surface area contributed by atoms with E-state index in [9.17, 15) is 13.2 Å². The van der Waals surface area contributed by atoms with E-state index in [0.29, 0.717) is 13.0 Å². The van der Waals surface area contributed by atoms with Gasteiger partial charge in [0.15, 0.2) is 9.84 Å². The molecule has 0 bridgehead atoms. The van der Waals surface area contributed by atoms with Crippen LogP contribution in [0, 0.1) is 13.8 Å². The Hall–Kier alpha value is -1.92. The molecule has 1 amide bonds. The van der Waals surface area contributed by atoms with Crippen LogP contribution in [0.25, 0.3) is 6.08 Å². The normalized spacial score (nSPS) is 19.1. The highest BCUT2D eigenvalue weighted by atomic mass is 32.2. The van der Waals surface area contributed by atoms with Crippen molar-refractivity contribution in [1.82, 2.24) is 4.90 Å².